The quantitative estimate of drug-likeness (QED) is 0.895. The zero-order chi connectivity index (χ0) is 19.1. The van der Waals surface area contributed by atoms with Gasteiger partial charge in [-0.15, -0.1) is 0 Å². The van der Waals surface area contributed by atoms with Crippen LogP contribution in [0.3, 0.4) is 0 Å². The molecule has 1 saturated carbocycles. The summed E-state index contributed by atoms with van der Waals surface area (Å²) in [6.45, 7) is 2.71. The molecule has 5 nitrogen and oxygen atoms in total. The van der Waals surface area contributed by atoms with E-state index in [4.69, 9.17) is 5.10 Å². The molecular weight excluding hydrogens is 348 g/mol. The van der Waals surface area contributed by atoms with Gasteiger partial charge < -0.3 is 4.90 Å². The maximum atomic E-state index is 13.4. The van der Waals surface area contributed by atoms with E-state index in [0.717, 1.165) is 36.2 Å². The fourth-order valence-corrected chi connectivity index (χ4v) is 4.92. The zero-order valence-electron chi connectivity index (χ0n) is 16.2. The summed E-state index contributed by atoms with van der Waals surface area (Å²) >= 11 is 0. The highest BCUT2D eigenvalue weighted by atomic mass is 16.2. The number of fused-ring (bicyclic) bond motifs is 3. The van der Waals surface area contributed by atoms with E-state index in [-0.39, 0.29) is 24.2 Å². The summed E-state index contributed by atoms with van der Waals surface area (Å²) in [4.78, 5) is 17.8. The van der Waals surface area contributed by atoms with Crippen LogP contribution in [0.4, 0.5) is 0 Å². The monoisotopic (exact) mass is 374 g/mol. The number of nitrogens with one attached hydrogen (secondary N) is 1. The van der Waals surface area contributed by atoms with Crippen molar-refractivity contribution >= 4 is 11.7 Å². The van der Waals surface area contributed by atoms with E-state index in [1.54, 1.807) is 0 Å². The summed E-state index contributed by atoms with van der Waals surface area (Å²) in [5.74, 6) is 1.29. The van der Waals surface area contributed by atoms with Crippen LogP contribution in [0, 0.1) is 12.8 Å². The van der Waals surface area contributed by atoms with Crippen LogP contribution in [-0.4, -0.2) is 33.9 Å². The molecule has 3 aliphatic rings. The minimum absolute atomic E-state index is 0.0589. The van der Waals surface area contributed by atoms with Crippen LogP contribution in [0.15, 0.2) is 59.7 Å². The minimum Gasteiger partial charge on any atom is -0.312 e. The van der Waals surface area contributed by atoms with Crippen LogP contribution in [0.25, 0.3) is 0 Å². The number of amides is 1. The number of nitrogens with zero attached hydrogens (tertiary/aromatic N) is 3. The second-order valence-corrected chi connectivity index (χ2v) is 8.12. The zero-order valence-corrected chi connectivity index (χ0v) is 16.2. The standard InChI is InChI=1S/C23H26N4O/c1-16-8-7-11-18(14-16)21-24-25-23-26(15-17-9-3-2-4-10-17)22(28)19-12-5-6-13-20(19)27(21)23/h2-4,7-11,14,19-20,23,25H,5-6,12-13,15H2,1H3. The van der Waals surface area contributed by atoms with Crippen molar-refractivity contribution in [2.75, 3.05) is 0 Å². The Morgan fingerprint density at radius 3 is 2.71 bits per heavy atom. The second kappa shape index (κ2) is 6.97. The molecule has 0 radical (unpaired) electrons. The molecule has 1 N–H and O–H groups in total. The smallest absolute Gasteiger partial charge is 0.231 e. The van der Waals surface area contributed by atoms with Gasteiger partial charge in [0.15, 0.2) is 12.1 Å². The summed E-state index contributed by atoms with van der Waals surface area (Å²) < 4.78 is 0. The summed E-state index contributed by atoms with van der Waals surface area (Å²) in [7, 11) is 0. The molecule has 3 unspecified atom stereocenters. The van der Waals surface area contributed by atoms with Crippen LogP contribution >= 0.6 is 0 Å². The van der Waals surface area contributed by atoms with Gasteiger partial charge in [-0.1, -0.05) is 66.9 Å². The highest BCUT2D eigenvalue weighted by molar-refractivity contribution is 6.01. The molecule has 1 amide bonds. The summed E-state index contributed by atoms with van der Waals surface area (Å²) in [6, 6.07) is 19.0. The Kier molecular flexibility index (Phi) is 4.30. The number of aryl methyl sites for hydroxylation is 1. The van der Waals surface area contributed by atoms with Crippen molar-refractivity contribution in [3.63, 3.8) is 0 Å². The number of carbonyl (C=O) groups is 1. The third kappa shape index (κ3) is 2.86. The van der Waals surface area contributed by atoms with Gasteiger partial charge in [0.05, 0.1) is 5.92 Å². The van der Waals surface area contributed by atoms with E-state index in [2.05, 4.69) is 53.6 Å². The molecule has 1 aliphatic carbocycles. The van der Waals surface area contributed by atoms with Crippen molar-refractivity contribution in [3.8, 4) is 0 Å². The van der Waals surface area contributed by atoms with Crippen LogP contribution in [-0.2, 0) is 11.3 Å². The molecule has 0 aromatic heterocycles. The predicted octanol–water partition coefficient (Wildman–Crippen LogP) is 3.45. The summed E-state index contributed by atoms with van der Waals surface area (Å²) in [5, 5.41) is 4.71. The third-order valence-corrected chi connectivity index (χ3v) is 6.25. The highest BCUT2D eigenvalue weighted by Gasteiger charge is 2.50. The summed E-state index contributed by atoms with van der Waals surface area (Å²) in [5.41, 5.74) is 6.77. The average molecular weight is 374 g/mol. The molecule has 2 fully saturated rings. The normalized spacial score (nSPS) is 26.4. The molecule has 2 aromatic rings. The predicted molar refractivity (Wildman–Crippen MR) is 109 cm³/mol. The molecule has 2 aromatic carbocycles. The lowest BCUT2D eigenvalue weighted by atomic mass is 9.80. The Morgan fingerprint density at radius 1 is 1.07 bits per heavy atom. The maximum absolute atomic E-state index is 13.4. The first-order valence-corrected chi connectivity index (χ1v) is 10.3. The topological polar surface area (TPSA) is 47.9 Å². The van der Waals surface area contributed by atoms with Gasteiger partial charge in [0.25, 0.3) is 0 Å². The number of hydrogen-bond acceptors (Lipinski definition) is 4. The summed E-state index contributed by atoms with van der Waals surface area (Å²) in [6.07, 6.45) is 4.13. The molecule has 2 aliphatic heterocycles. The van der Waals surface area contributed by atoms with E-state index in [1.165, 1.54) is 12.0 Å². The molecule has 28 heavy (non-hydrogen) atoms. The van der Waals surface area contributed by atoms with Gasteiger partial charge in [0, 0.05) is 18.2 Å². The minimum atomic E-state index is -0.206. The van der Waals surface area contributed by atoms with Crippen molar-refractivity contribution in [2.24, 2.45) is 11.0 Å². The average Bonchev–Trinajstić information content (AvgIpc) is 3.17. The Morgan fingerprint density at radius 2 is 1.89 bits per heavy atom. The van der Waals surface area contributed by atoms with Gasteiger partial charge in [0.2, 0.25) is 5.91 Å². The van der Waals surface area contributed by atoms with E-state index in [1.807, 2.05) is 23.1 Å². The van der Waals surface area contributed by atoms with Crippen LogP contribution in [0.2, 0.25) is 0 Å². The van der Waals surface area contributed by atoms with Crippen LogP contribution < -0.4 is 5.43 Å². The Bertz CT molecular complexity index is 910. The van der Waals surface area contributed by atoms with Crippen molar-refractivity contribution < 1.29 is 4.79 Å². The molecule has 1 saturated heterocycles. The molecule has 2 heterocycles. The Balaban J connectivity index is 1.51. The van der Waals surface area contributed by atoms with Gasteiger partial charge in [-0.05, 0) is 31.4 Å². The molecule has 144 valence electrons. The Labute approximate surface area is 166 Å². The van der Waals surface area contributed by atoms with Crippen molar-refractivity contribution in [3.05, 3.63) is 71.3 Å². The van der Waals surface area contributed by atoms with Gasteiger partial charge in [-0.3, -0.25) is 15.1 Å². The van der Waals surface area contributed by atoms with Crippen molar-refractivity contribution in [1.29, 1.82) is 0 Å². The third-order valence-electron chi connectivity index (χ3n) is 6.25. The fourth-order valence-electron chi connectivity index (χ4n) is 4.92. The number of benzene rings is 2. The fraction of sp³-hybridized carbons (Fsp3) is 0.391. The first-order valence-electron chi connectivity index (χ1n) is 10.3. The number of hydrogen-bond donors (Lipinski definition) is 1. The second-order valence-electron chi connectivity index (χ2n) is 8.12. The molecule has 0 spiro atoms. The van der Waals surface area contributed by atoms with Gasteiger partial charge in [-0.25, -0.2) is 0 Å². The van der Waals surface area contributed by atoms with Crippen molar-refractivity contribution in [1.82, 2.24) is 15.2 Å². The van der Waals surface area contributed by atoms with E-state index in [9.17, 15) is 4.79 Å². The first-order chi connectivity index (χ1) is 13.7. The van der Waals surface area contributed by atoms with Crippen LogP contribution in [0.1, 0.15) is 42.4 Å². The van der Waals surface area contributed by atoms with Crippen LogP contribution in [0.5, 0.6) is 0 Å². The lowest BCUT2D eigenvalue weighted by molar-refractivity contribution is -0.156. The van der Waals surface area contributed by atoms with E-state index < -0.39 is 0 Å². The number of rotatable bonds is 3. The SMILES string of the molecule is Cc1cccc(C2=NNC3N(Cc4ccccc4)C(=O)C4CCCCC4N23)c1. The molecule has 5 rings (SSSR count). The van der Waals surface area contributed by atoms with E-state index in [0.29, 0.717) is 6.54 Å². The number of hydrazone groups is 1. The highest BCUT2D eigenvalue weighted by Crippen LogP contribution is 2.38. The van der Waals surface area contributed by atoms with Gasteiger partial charge in [-0.2, -0.15) is 5.10 Å². The molecule has 5 heteroatoms. The van der Waals surface area contributed by atoms with Gasteiger partial charge >= 0.3 is 0 Å². The molecule has 0 bridgehead atoms. The van der Waals surface area contributed by atoms with E-state index >= 15 is 0 Å². The number of amidine groups is 1. The maximum Gasteiger partial charge on any atom is 0.231 e. The van der Waals surface area contributed by atoms with Gasteiger partial charge in [0.1, 0.15) is 0 Å². The first kappa shape index (κ1) is 17.3. The Hall–Kier alpha value is -2.82. The lowest BCUT2D eigenvalue weighted by Crippen LogP contribution is -2.67. The number of carbonyl (C=O) groups excluding carboxylic acids is 1. The lowest BCUT2D eigenvalue weighted by Gasteiger charge is -2.50. The van der Waals surface area contributed by atoms with Crippen molar-refractivity contribution in [2.45, 2.75) is 51.5 Å². The largest absolute Gasteiger partial charge is 0.312 e. The molecule has 3 atom stereocenters. The molecular formula is C23H26N4O.